The quantitative estimate of drug-likeness (QED) is 0.757. The molecule has 0 saturated heterocycles. The zero-order valence-electron chi connectivity index (χ0n) is 11.2. The summed E-state index contributed by atoms with van der Waals surface area (Å²) in [6.45, 7) is 1.56. The number of benzene rings is 1. The summed E-state index contributed by atoms with van der Waals surface area (Å²) >= 11 is 0. The third-order valence-corrected chi connectivity index (χ3v) is 2.87. The number of rotatable bonds is 7. The van der Waals surface area contributed by atoms with Gasteiger partial charge in [0.05, 0.1) is 6.04 Å². The molecule has 1 rings (SSSR count). The largest absolute Gasteiger partial charge is 0.481 e. The lowest BCUT2D eigenvalue weighted by Gasteiger charge is -2.15. The molecule has 20 heavy (non-hydrogen) atoms. The van der Waals surface area contributed by atoms with E-state index in [2.05, 4.69) is 5.32 Å². The predicted molar refractivity (Wildman–Crippen MR) is 69.0 cm³/mol. The summed E-state index contributed by atoms with van der Waals surface area (Å²) in [4.78, 5) is 21.9. The van der Waals surface area contributed by atoms with Gasteiger partial charge >= 0.3 is 5.97 Å². The van der Waals surface area contributed by atoms with Crippen molar-refractivity contribution < 1.29 is 23.5 Å². The Morgan fingerprint density at radius 2 is 1.90 bits per heavy atom. The van der Waals surface area contributed by atoms with Crippen LogP contribution in [0.15, 0.2) is 18.2 Å². The summed E-state index contributed by atoms with van der Waals surface area (Å²) in [6.07, 6.45) is 1.03. The van der Waals surface area contributed by atoms with Crippen LogP contribution in [-0.2, 0) is 9.59 Å². The van der Waals surface area contributed by atoms with Crippen LogP contribution in [0.5, 0.6) is 0 Å². The molecular weight excluding hydrogens is 268 g/mol. The molecule has 4 nitrogen and oxygen atoms in total. The smallest absolute Gasteiger partial charge is 0.303 e. The molecule has 1 atom stereocenters. The average Bonchev–Trinajstić information content (AvgIpc) is 2.37. The number of aliphatic carboxylic acids is 1. The SMILES string of the molecule is CC(NC(=O)CCCCC(=O)O)c1cccc(F)c1F. The number of amides is 1. The molecule has 0 heterocycles. The third kappa shape index (κ3) is 4.95. The van der Waals surface area contributed by atoms with Crippen molar-refractivity contribution in [2.75, 3.05) is 0 Å². The summed E-state index contributed by atoms with van der Waals surface area (Å²) in [5.41, 5.74) is 0.0869. The van der Waals surface area contributed by atoms with Crippen molar-refractivity contribution in [3.63, 3.8) is 0 Å². The molecule has 0 aliphatic carbocycles. The van der Waals surface area contributed by atoms with E-state index < -0.39 is 23.6 Å². The summed E-state index contributed by atoms with van der Waals surface area (Å²) in [5, 5.41) is 11.0. The molecule has 1 aromatic carbocycles. The van der Waals surface area contributed by atoms with Gasteiger partial charge in [0.15, 0.2) is 11.6 Å². The molecule has 110 valence electrons. The lowest BCUT2D eigenvalue weighted by molar-refractivity contribution is -0.137. The molecule has 0 aliphatic heterocycles. The van der Waals surface area contributed by atoms with Crippen LogP contribution in [0.2, 0.25) is 0 Å². The van der Waals surface area contributed by atoms with Crippen LogP contribution in [0, 0.1) is 11.6 Å². The van der Waals surface area contributed by atoms with E-state index >= 15 is 0 Å². The van der Waals surface area contributed by atoms with Gasteiger partial charge in [-0.1, -0.05) is 12.1 Å². The van der Waals surface area contributed by atoms with Crippen LogP contribution in [-0.4, -0.2) is 17.0 Å². The molecule has 0 bridgehead atoms. The first-order valence-electron chi connectivity index (χ1n) is 6.37. The van der Waals surface area contributed by atoms with Crippen LogP contribution in [0.1, 0.15) is 44.2 Å². The van der Waals surface area contributed by atoms with E-state index in [1.54, 1.807) is 6.92 Å². The van der Waals surface area contributed by atoms with E-state index in [0.29, 0.717) is 12.8 Å². The second-order valence-electron chi connectivity index (χ2n) is 4.53. The van der Waals surface area contributed by atoms with E-state index in [9.17, 15) is 18.4 Å². The van der Waals surface area contributed by atoms with Gasteiger partial charge < -0.3 is 10.4 Å². The number of hydrogen-bond donors (Lipinski definition) is 2. The van der Waals surface area contributed by atoms with Crippen LogP contribution < -0.4 is 5.32 Å². The fraction of sp³-hybridized carbons (Fsp3) is 0.429. The Bertz CT molecular complexity index is 491. The molecule has 0 aliphatic rings. The topological polar surface area (TPSA) is 66.4 Å². The fourth-order valence-electron chi connectivity index (χ4n) is 1.81. The Balaban J connectivity index is 2.45. The molecule has 2 N–H and O–H groups in total. The minimum absolute atomic E-state index is 0.0152. The molecule has 0 radical (unpaired) electrons. The van der Waals surface area contributed by atoms with Crippen molar-refractivity contribution in [1.29, 1.82) is 0 Å². The van der Waals surface area contributed by atoms with E-state index in [0.717, 1.165) is 6.07 Å². The zero-order valence-corrected chi connectivity index (χ0v) is 11.2. The van der Waals surface area contributed by atoms with Gasteiger partial charge in [0.1, 0.15) is 0 Å². The molecule has 6 heteroatoms. The maximum atomic E-state index is 13.5. The number of nitrogens with one attached hydrogen (secondary N) is 1. The van der Waals surface area contributed by atoms with Gasteiger partial charge in [-0.3, -0.25) is 9.59 Å². The number of carboxylic acids is 1. The average molecular weight is 285 g/mol. The molecule has 0 saturated carbocycles. The van der Waals surface area contributed by atoms with E-state index in [1.165, 1.54) is 12.1 Å². The lowest BCUT2D eigenvalue weighted by Crippen LogP contribution is -2.27. The predicted octanol–water partition coefficient (Wildman–Crippen LogP) is 2.79. The molecule has 1 aromatic rings. The molecule has 0 fully saturated rings. The number of unbranched alkanes of at least 4 members (excludes halogenated alkanes) is 1. The number of hydrogen-bond acceptors (Lipinski definition) is 2. The van der Waals surface area contributed by atoms with Crippen molar-refractivity contribution in [3.05, 3.63) is 35.4 Å². The summed E-state index contributed by atoms with van der Waals surface area (Å²) in [5.74, 6) is -3.14. The van der Waals surface area contributed by atoms with E-state index in [1.807, 2.05) is 0 Å². The maximum absolute atomic E-state index is 13.5. The highest BCUT2D eigenvalue weighted by Crippen LogP contribution is 2.19. The van der Waals surface area contributed by atoms with Gasteiger partial charge in [0.2, 0.25) is 5.91 Å². The molecule has 1 amide bonds. The van der Waals surface area contributed by atoms with Crippen LogP contribution in [0.4, 0.5) is 8.78 Å². The van der Waals surface area contributed by atoms with E-state index in [4.69, 9.17) is 5.11 Å². The van der Waals surface area contributed by atoms with Gasteiger partial charge in [-0.25, -0.2) is 8.78 Å². The normalized spacial score (nSPS) is 11.9. The van der Waals surface area contributed by atoms with Crippen molar-refractivity contribution in [1.82, 2.24) is 5.32 Å². The van der Waals surface area contributed by atoms with E-state index in [-0.39, 0.29) is 24.3 Å². The monoisotopic (exact) mass is 285 g/mol. The van der Waals surface area contributed by atoms with Gasteiger partial charge in [-0.2, -0.15) is 0 Å². The summed E-state index contributed by atoms with van der Waals surface area (Å²) in [7, 11) is 0. The van der Waals surface area contributed by atoms with Crippen molar-refractivity contribution in [2.45, 2.75) is 38.6 Å². The number of carbonyl (C=O) groups excluding carboxylic acids is 1. The Hall–Kier alpha value is -1.98. The second-order valence-corrected chi connectivity index (χ2v) is 4.53. The highest BCUT2D eigenvalue weighted by atomic mass is 19.2. The van der Waals surface area contributed by atoms with Crippen molar-refractivity contribution >= 4 is 11.9 Å². The first-order chi connectivity index (χ1) is 9.41. The van der Waals surface area contributed by atoms with Crippen molar-refractivity contribution in [2.24, 2.45) is 0 Å². The van der Waals surface area contributed by atoms with Crippen LogP contribution >= 0.6 is 0 Å². The summed E-state index contributed by atoms with van der Waals surface area (Å²) < 4.78 is 26.6. The molecule has 0 spiro atoms. The minimum atomic E-state index is -0.967. The fourth-order valence-corrected chi connectivity index (χ4v) is 1.81. The highest BCUT2D eigenvalue weighted by molar-refractivity contribution is 5.76. The summed E-state index contributed by atoms with van der Waals surface area (Å²) in [6, 6.07) is 3.16. The minimum Gasteiger partial charge on any atom is -0.481 e. The Morgan fingerprint density at radius 3 is 2.55 bits per heavy atom. The Labute approximate surface area is 115 Å². The van der Waals surface area contributed by atoms with Gasteiger partial charge in [0, 0.05) is 18.4 Å². The third-order valence-electron chi connectivity index (χ3n) is 2.87. The molecular formula is C14H17F2NO3. The Kier molecular flexibility index (Phi) is 6.09. The lowest BCUT2D eigenvalue weighted by atomic mass is 10.1. The first kappa shape index (κ1) is 16.1. The second kappa shape index (κ2) is 7.57. The first-order valence-corrected chi connectivity index (χ1v) is 6.37. The van der Waals surface area contributed by atoms with Gasteiger partial charge in [-0.15, -0.1) is 0 Å². The number of carboxylic acid groups (broad SMARTS) is 1. The number of carbonyl (C=O) groups is 2. The van der Waals surface area contributed by atoms with Gasteiger partial charge in [-0.05, 0) is 25.8 Å². The maximum Gasteiger partial charge on any atom is 0.303 e. The highest BCUT2D eigenvalue weighted by Gasteiger charge is 2.15. The number of halogens is 2. The molecule has 0 aromatic heterocycles. The van der Waals surface area contributed by atoms with Crippen LogP contribution in [0.3, 0.4) is 0 Å². The zero-order chi connectivity index (χ0) is 15.1. The van der Waals surface area contributed by atoms with Crippen molar-refractivity contribution in [3.8, 4) is 0 Å². The Morgan fingerprint density at radius 1 is 1.25 bits per heavy atom. The standard InChI is InChI=1S/C14H17F2NO3/c1-9(10-5-4-6-11(15)14(10)16)17-12(18)7-2-3-8-13(19)20/h4-6,9H,2-3,7-8H2,1H3,(H,17,18)(H,19,20). The molecule has 1 unspecified atom stereocenters. The van der Waals surface area contributed by atoms with Gasteiger partial charge in [0.25, 0.3) is 0 Å². The van der Waals surface area contributed by atoms with Crippen LogP contribution in [0.25, 0.3) is 0 Å².